The number of aromatic amines is 1. The van der Waals surface area contributed by atoms with Gasteiger partial charge in [-0.2, -0.15) is 9.40 Å². The normalized spacial score (nSPS) is 16.3. The molecule has 26 heavy (non-hydrogen) atoms. The molecule has 0 atom stereocenters. The minimum Gasteiger partial charge on any atom is -0.408 e. The fourth-order valence-electron chi connectivity index (χ4n) is 2.96. The number of benzene rings is 1. The molecule has 1 N–H and O–H groups in total. The Labute approximate surface area is 149 Å². The van der Waals surface area contributed by atoms with E-state index in [2.05, 4.69) is 15.2 Å². The summed E-state index contributed by atoms with van der Waals surface area (Å²) in [5.74, 6) is 0.132. The minimum atomic E-state index is -3.65. The van der Waals surface area contributed by atoms with Gasteiger partial charge in [0, 0.05) is 26.2 Å². The van der Waals surface area contributed by atoms with Crippen LogP contribution < -0.4 is 10.7 Å². The highest BCUT2D eigenvalue weighted by Gasteiger charge is 2.29. The molecule has 1 aliphatic heterocycles. The van der Waals surface area contributed by atoms with E-state index in [0.29, 0.717) is 37.3 Å². The van der Waals surface area contributed by atoms with Crippen molar-refractivity contribution < 1.29 is 12.8 Å². The number of rotatable bonds is 3. The molecular weight excluding hydrogens is 358 g/mol. The smallest absolute Gasteiger partial charge is 0.408 e. The van der Waals surface area contributed by atoms with Crippen molar-refractivity contribution in [2.24, 2.45) is 0 Å². The van der Waals surface area contributed by atoms with Gasteiger partial charge in [-0.05, 0) is 37.3 Å². The largest absolute Gasteiger partial charge is 0.417 e. The zero-order valence-corrected chi connectivity index (χ0v) is 14.9. The molecule has 1 saturated heterocycles. The highest BCUT2D eigenvalue weighted by atomic mass is 32.2. The standard InChI is InChI=1S/C16H17N5O4S/c1-11-2-5-15(19-18-11)20-6-8-21(9-7-20)26(23,24)12-3-4-14-13(10-12)17-16(22)25-14/h2-5,10H,6-9H2,1H3,(H,17,22). The lowest BCUT2D eigenvalue weighted by Crippen LogP contribution is -2.49. The van der Waals surface area contributed by atoms with E-state index in [-0.39, 0.29) is 4.90 Å². The Balaban J connectivity index is 1.53. The number of anilines is 1. The van der Waals surface area contributed by atoms with E-state index < -0.39 is 15.8 Å². The molecule has 1 aliphatic rings. The quantitative estimate of drug-likeness (QED) is 0.718. The fourth-order valence-corrected chi connectivity index (χ4v) is 4.41. The van der Waals surface area contributed by atoms with Crippen LogP contribution in [0.4, 0.5) is 5.82 Å². The first-order valence-corrected chi connectivity index (χ1v) is 9.56. The molecule has 10 heteroatoms. The van der Waals surface area contributed by atoms with E-state index in [9.17, 15) is 13.2 Å². The van der Waals surface area contributed by atoms with Gasteiger partial charge in [-0.25, -0.2) is 13.2 Å². The first kappa shape index (κ1) is 16.7. The Morgan fingerprint density at radius 2 is 1.85 bits per heavy atom. The summed E-state index contributed by atoms with van der Waals surface area (Å²) in [4.78, 5) is 15.9. The summed E-state index contributed by atoms with van der Waals surface area (Å²) in [6.07, 6.45) is 0. The second kappa shape index (κ2) is 6.22. The lowest BCUT2D eigenvalue weighted by molar-refractivity contribution is 0.383. The number of aromatic nitrogens is 3. The van der Waals surface area contributed by atoms with E-state index >= 15 is 0 Å². The molecule has 3 aromatic rings. The summed E-state index contributed by atoms with van der Waals surface area (Å²) in [5.41, 5.74) is 1.53. The van der Waals surface area contributed by atoms with Crippen LogP contribution in [-0.4, -0.2) is 54.1 Å². The average Bonchev–Trinajstić information content (AvgIpc) is 3.01. The Hall–Kier alpha value is -2.72. The molecule has 136 valence electrons. The zero-order valence-electron chi connectivity index (χ0n) is 14.0. The van der Waals surface area contributed by atoms with Crippen molar-refractivity contribution in [3.63, 3.8) is 0 Å². The number of oxazole rings is 1. The van der Waals surface area contributed by atoms with Crippen LogP contribution in [-0.2, 0) is 10.0 Å². The summed E-state index contributed by atoms with van der Waals surface area (Å²) >= 11 is 0. The second-order valence-electron chi connectivity index (χ2n) is 6.10. The molecule has 0 bridgehead atoms. The van der Waals surface area contributed by atoms with E-state index in [1.54, 1.807) is 0 Å². The zero-order chi connectivity index (χ0) is 18.3. The molecule has 2 aromatic heterocycles. The predicted octanol–water partition coefficient (Wildman–Crippen LogP) is 0.730. The SMILES string of the molecule is Cc1ccc(N2CCN(S(=O)(=O)c3ccc4oc(=O)[nH]c4c3)CC2)nn1. The number of nitrogens with zero attached hydrogens (tertiary/aromatic N) is 4. The lowest BCUT2D eigenvalue weighted by atomic mass is 10.3. The molecule has 0 radical (unpaired) electrons. The Bertz CT molecular complexity index is 1100. The third-order valence-electron chi connectivity index (χ3n) is 4.37. The summed E-state index contributed by atoms with van der Waals surface area (Å²) in [5, 5.41) is 8.19. The molecular formula is C16H17N5O4S. The summed E-state index contributed by atoms with van der Waals surface area (Å²) in [6.45, 7) is 3.62. The summed E-state index contributed by atoms with van der Waals surface area (Å²) < 4.78 is 32.1. The van der Waals surface area contributed by atoms with Crippen molar-refractivity contribution in [2.75, 3.05) is 31.1 Å². The number of piperazine rings is 1. The van der Waals surface area contributed by atoms with Crippen molar-refractivity contribution in [1.29, 1.82) is 0 Å². The van der Waals surface area contributed by atoms with Crippen molar-refractivity contribution in [3.8, 4) is 0 Å². The van der Waals surface area contributed by atoms with E-state index in [1.165, 1.54) is 22.5 Å². The van der Waals surface area contributed by atoms with Gasteiger partial charge in [0.25, 0.3) is 0 Å². The first-order valence-electron chi connectivity index (χ1n) is 8.12. The second-order valence-corrected chi connectivity index (χ2v) is 8.03. The van der Waals surface area contributed by atoms with Gasteiger partial charge in [0.05, 0.1) is 16.1 Å². The topological polar surface area (TPSA) is 112 Å². The Morgan fingerprint density at radius 1 is 1.08 bits per heavy atom. The summed E-state index contributed by atoms with van der Waals surface area (Å²) in [7, 11) is -3.65. The number of H-pyrrole nitrogens is 1. The van der Waals surface area contributed by atoms with Gasteiger partial charge >= 0.3 is 5.76 Å². The molecule has 0 spiro atoms. The molecule has 1 fully saturated rings. The minimum absolute atomic E-state index is 0.130. The van der Waals surface area contributed by atoms with Crippen LogP contribution in [0, 0.1) is 6.92 Å². The highest BCUT2D eigenvalue weighted by Crippen LogP contribution is 2.22. The van der Waals surface area contributed by atoms with E-state index in [4.69, 9.17) is 4.42 Å². The number of sulfonamides is 1. The van der Waals surface area contributed by atoms with Gasteiger partial charge in [-0.15, -0.1) is 5.10 Å². The molecule has 0 aliphatic carbocycles. The van der Waals surface area contributed by atoms with Gasteiger partial charge in [-0.3, -0.25) is 4.98 Å². The molecule has 0 amide bonds. The van der Waals surface area contributed by atoms with Crippen molar-refractivity contribution in [1.82, 2.24) is 19.5 Å². The van der Waals surface area contributed by atoms with E-state index in [0.717, 1.165) is 11.5 Å². The van der Waals surface area contributed by atoms with Crippen LogP contribution in [0.1, 0.15) is 5.69 Å². The van der Waals surface area contributed by atoms with Gasteiger partial charge in [0.1, 0.15) is 0 Å². The molecule has 4 rings (SSSR count). The van der Waals surface area contributed by atoms with Crippen LogP contribution in [0.5, 0.6) is 0 Å². The number of hydrogen-bond acceptors (Lipinski definition) is 7. The van der Waals surface area contributed by atoms with Gasteiger partial charge in [0.2, 0.25) is 10.0 Å². The number of nitrogens with one attached hydrogen (secondary N) is 1. The van der Waals surface area contributed by atoms with Crippen LogP contribution in [0.3, 0.4) is 0 Å². The predicted molar refractivity (Wildman–Crippen MR) is 94.6 cm³/mol. The maximum atomic E-state index is 12.9. The maximum Gasteiger partial charge on any atom is 0.417 e. The Morgan fingerprint density at radius 3 is 2.54 bits per heavy atom. The monoisotopic (exact) mass is 375 g/mol. The first-order chi connectivity index (χ1) is 12.4. The fraction of sp³-hybridized carbons (Fsp3) is 0.312. The Kier molecular flexibility index (Phi) is 4.00. The van der Waals surface area contributed by atoms with Crippen LogP contribution in [0.2, 0.25) is 0 Å². The molecule has 1 aromatic carbocycles. The summed E-state index contributed by atoms with van der Waals surface area (Å²) in [6, 6.07) is 8.12. The van der Waals surface area contributed by atoms with Gasteiger partial charge in [0.15, 0.2) is 11.4 Å². The van der Waals surface area contributed by atoms with Crippen molar-refractivity contribution in [3.05, 3.63) is 46.6 Å². The van der Waals surface area contributed by atoms with Crippen LogP contribution in [0.25, 0.3) is 11.1 Å². The molecule has 9 nitrogen and oxygen atoms in total. The van der Waals surface area contributed by atoms with Gasteiger partial charge < -0.3 is 9.32 Å². The van der Waals surface area contributed by atoms with Crippen molar-refractivity contribution >= 4 is 26.9 Å². The number of hydrogen-bond donors (Lipinski definition) is 1. The lowest BCUT2D eigenvalue weighted by Gasteiger charge is -2.34. The third-order valence-corrected chi connectivity index (χ3v) is 6.27. The average molecular weight is 375 g/mol. The third kappa shape index (κ3) is 2.97. The molecule has 0 saturated carbocycles. The number of fused-ring (bicyclic) bond motifs is 1. The van der Waals surface area contributed by atoms with E-state index in [1.807, 2.05) is 24.0 Å². The number of aryl methyl sites for hydroxylation is 1. The molecule has 0 unspecified atom stereocenters. The van der Waals surface area contributed by atoms with Crippen LogP contribution in [0.15, 0.2) is 44.4 Å². The maximum absolute atomic E-state index is 12.9. The van der Waals surface area contributed by atoms with Gasteiger partial charge in [-0.1, -0.05) is 0 Å². The van der Waals surface area contributed by atoms with Crippen LogP contribution >= 0.6 is 0 Å². The van der Waals surface area contributed by atoms with Crippen molar-refractivity contribution in [2.45, 2.75) is 11.8 Å². The molecule has 3 heterocycles. The highest BCUT2D eigenvalue weighted by molar-refractivity contribution is 7.89.